The number of hydrogen-bond acceptors (Lipinski definition) is 3. The number of aryl methyl sites for hydroxylation is 1. The second kappa shape index (κ2) is 7.79. The quantitative estimate of drug-likeness (QED) is 0.788. The smallest absolute Gasteiger partial charge is 0.0598 e. The lowest BCUT2D eigenvalue weighted by Crippen LogP contribution is -2.21. The van der Waals surface area contributed by atoms with E-state index in [1.807, 2.05) is 18.3 Å². The summed E-state index contributed by atoms with van der Waals surface area (Å²) >= 11 is 0. The molecule has 1 heterocycles. The Balaban J connectivity index is 2.13. The van der Waals surface area contributed by atoms with Crippen molar-refractivity contribution in [2.45, 2.75) is 33.4 Å². The number of hydrogen-bond donors (Lipinski definition) is 1. The Hall–Kier alpha value is -1.87. The van der Waals surface area contributed by atoms with Gasteiger partial charge in [-0.1, -0.05) is 30.7 Å². The van der Waals surface area contributed by atoms with Crippen molar-refractivity contribution in [3.05, 3.63) is 59.4 Å². The fourth-order valence-electron chi connectivity index (χ4n) is 2.45. The number of rotatable bonds is 7. The van der Waals surface area contributed by atoms with Gasteiger partial charge in [0.2, 0.25) is 0 Å². The molecule has 0 aliphatic heterocycles. The van der Waals surface area contributed by atoms with Crippen molar-refractivity contribution < 1.29 is 0 Å². The van der Waals surface area contributed by atoms with Gasteiger partial charge in [0.15, 0.2) is 0 Å². The molecule has 0 radical (unpaired) electrons. The summed E-state index contributed by atoms with van der Waals surface area (Å²) in [5.41, 5.74) is 5.02. The first-order chi connectivity index (χ1) is 10.2. The average molecular weight is 283 g/mol. The lowest BCUT2D eigenvalue weighted by atomic mass is 10.1. The molecule has 0 fully saturated rings. The molecule has 21 heavy (non-hydrogen) atoms. The predicted molar refractivity (Wildman–Crippen MR) is 89.5 cm³/mol. The van der Waals surface area contributed by atoms with Crippen LogP contribution < -0.4 is 10.2 Å². The highest BCUT2D eigenvalue weighted by molar-refractivity contribution is 5.54. The predicted octanol–water partition coefficient (Wildman–Crippen LogP) is 3.53. The van der Waals surface area contributed by atoms with Gasteiger partial charge in [0, 0.05) is 25.5 Å². The van der Waals surface area contributed by atoms with E-state index in [-0.39, 0.29) is 0 Å². The van der Waals surface area contributed by atoms with Crippen LogP contribution in [-0.4, -0.2) is 18.6 Å². The third-order valence-corrected chi connectivity index (χ3v) is 3.51. The molecule has 0 saturated carbocycles. The van der Waals surface area contributed by atoms with Crippen LogP contribution >= 0.6 is 0 Å². The van der Waals surface area contributed by atoms with Crippen molar-refractivity contribution in [2.75, 3.05) is 18.5 Å². The van der Waals surface area contributed by atoms with Crippen LogP contribution in [0.25, 0.3) is 0 Å². The Morgan fingerprint density at radius 3 is 2.76 bits per heavy atom. The zero-order valence-electron chi connectivity index (χ0n) is 13.3. The number of anilines is 1. The molecule has 2 aromatic rings. The van der Waals surface area contributed by atoms with E-state index in [0.29, 0.717) is 0 Å². The van der Waals surface area contributed by atoms with Gasteiger partial charge in [0.05, 0.1) is 12.2 Å². The second-order valence-electron chi connectivity index (χ2n) is 5.49. The van der Waals surface area contributed by atoms with Gasteiger partial charge in [-0.25, -0.2) is 0 Å². The van der Waals surface area contributed by atoms with Crippen LogP contribution in [0.2, 0.25) is 0 Å². The van der Waals surface area contributed by atoms with E-state index in [4.69, 9.17) is 0 Å². The van der Waals surface area contributed by atoms with E-state index in [1.54, 1.807) is 0 Å². The van der Waals surface area contributed by atoms with E-state index in [9.17, 15) is 0 Å². The summed E-state index contributed by atoms with van der Waals surface area (Å²) in [6, 6.07) is 12.7. The zero-order valence-corrected chi connectivity index (χ0v) is 13.3. The van der Waals surface area contributed by atoms with Gasteiger partial charge >= 0.3 is 0 Å². The summed E-state index contributed by atoms with van der Waals surface area (Å²) in [4.78, 5) is 6.68. The Morgan fingerprint density at radius 1 is 1.19 bits per heavy atom. The van der Waals surface area contributed by atoms with Crippen LogP contribution in [0.3, 0.4) is 0 Å². The maximum Gasteiger partial charge on any atom is 0.0598 e. The number of nitrogens with zero attached hydrogens (tertiary/aromatic N) is 2. The van der Waals surface area contributed by atoms with Crippen molar-refractivity contribution >= 4 is 5.69 Å². The largest absolute Gasteiger partial charge is 0.368 e. The molecule has 0 spiro atoms. The van der Waals surface area contributed by atoms with E-state index < -0.39 is 0 Å². The van der Waals surface area contributed by atoms with Gasteiger partial charge in [-0.3, -0.25) is 4.98 Å². The van der Waals surface area contributed by atoms with Crippen LogP contribution in [0, 0.1) is 6.92 Å². The minimum atomic E-state index is 0.824. The van der Waals surface area contributed by atoms with Crippen molar-refractivity contribution in [3.8, 4) is 0 Å². The van der Waals surface area contributed by atoms with Gasteiger partial charge in [-0.2, -0.15) is 0 Å². The van der Waals surface area contributed by atoms with Gasteiger partial charge in [0.1, 0.15) is 0 Å². The monoisotopic (exact) mass is 283 g/mol. The molecule has 0 atom stereocenters. The second-order valence-corrected chi connectivity index (χ2v) is 5.49. The Morgan fingerprint density at radius 2 is 2.05 bits per heavy atom. The van der Waals surface area contributed by atoms with Crippen LogP contribution in [0.1, 0.15) is 30.2 Å². The minimum absolute atomic E-state index is 0.824. The maximum atomic E-state index is 4.41. The lowest BCUT2D eigenvalue weighted by Gasteiger charge is -2.23. The van der Waals surface area contributed by atoms with Gasteiger partial charge in [-0.15, -0.1) is 0 Å². The molecule has 0 unspecified atom stereocenters. The van der Waals surface area contributed by atoms with Crippen LogP contribution in [-0.2, 0) is 13.1 Å². The topological polar surface area (TPSA) is 28.2 Å². The molecule has 0 aliphatic carbocycles. The van der Waals surface area contributed by atoms with Crippen molar-refractivity contribution in [2.24, 2.45) is 0 Å². The molecule has 0 saturated heterocycles. The highest BCUT2D eigenvalue weighted by Gasteiger charge is 2.08. The molecule has 1 aromatic heterocycles. The minimum Gasteiger partial charge on any atom is -0.368 e. The average Bonchev–Trinajstić information content (AvgIpc) is 2.48. The molecule has 0 amide bonds. The first-order valence-electron chi connectivity index (χ1n) is 7.62. The first-order valence-corrected chi connectivity index (χ1v) is 7.62. The first kappa shape index (κ1) is 15.5. The van der Waals surface area contributed by atoms with Crippen LogP contribution in [0.4, 0.5) is 5.69 Å². The summed E-state index contributed by atoms with van der Waals surface area (Å²) in [7, 11) is 2.13. The van der Waals surface area contributed by atoms with E-state index in [2.05, 4.69) is 60.4 Å². The van der Waals surface area contributed by atoms with Crippen molar-refractivity contribution in [1.29, 1.82) is 0 Å². The van der Waals surface area contributed by atoms with Crippen LogP contribution in [0.5, 0.6) is 0 Å². The van der Waals surface area contributed by atoms with E-state index in [0.717, 1.165) is 31.7 Å². The highest BCUT2D eigenvalue weighted by atomic mass is 15.1. The van der Waals surface area contributed by atoms with Crippen LogP contribution in [0.15, 0.2) is 42.6 Å². The van der Waals surface area contributed by atoms with E-state index >= 15 is 0 Å². The number of benzene rings is 1. The number of pyridine rings is 1. The maximum absolute atomic E-state index is 4.41. The lowest BCUT2D eigenvalue weighted by molar-refractivity contribution is 0.673. The fourth-order valence-corrected chi connectivity index (χ4v) is 2.45. The Kier molecular flexibility index (Phi) is 5.76. The van der Waals surface area contributed by atoms with Gasteiger partial charge in [-0.05, 0) is 43.7 Å². The third-order valence-electron chi connectivity index (χ3n) is 3.51. The molecule has 0 bridgehead atoms. The summed E-state index contributed by atoms with van der Waals surface area (Å²) in [6.45, 7) is 7.13. The molecular weight excluding hydrogens is 258 g/mol. The molecule has 3 nitrogen and oxygen atoms in total. The summed E-state index contributed by atoms with van der Waals surface area (Å²) < 4.78 is 0. The normalized spacial score (nSPS) is 10.6. The third kappa shape index (κ3) is 4.57. The summed E-state index contributed by atoms with van der Waals surface area (Å²) in [6.07, 6.45) is 3.01. The summed E-state index contributed by atoms with van der Waals surface area (Å²) in [5.74, 6) is 0. The zero-order chi connectivity index (χ0) is 15.1. The summed E-state index contributed by atoms with van der Waals surface area (Å²) in [5, 5.41) is 3.50. The Bertz CT molecular complexity index is 552. The molecular formula is C18H25N3. The molecule has 1 aromatic carbocycles. The SMILES string of the molecule is CCCNCc1cc(C)ccc1N(C)Cc1ccccn1. The van der Waals surface area contributed by atoms with Gasteiger partial charge < -0.3 is 10.2 Å². The molecule has 2 rings (SSSR count). The molecule has 1 N–H and O–H groups in total. The Labute approximate surface area is 128 Å². The van der Waals surface area contributed by atoms with Crippen molar-refractivity contribution in [3.63, 3.8) is 0 Å². The van der Waals surface area contributed by atoms with E-state index in [1.165, 1.54) is 16.8 Å². The molecule has 3 heteroatoms. The number of aromatic nitrogens is 1. The fraction of sp³-hybridized carbons (Fsp3) is 0.389. The molecule has 0 aliphatic rings. The molecule has 112 valence electrons. The number of nitrogens with one attached hydrogen (secondary N) is 1. The standard InChI is InChI=1S/C18H25N3/c1-4-10-19-13-16-12-15(2)8-9-18(16)21(3)14-17-7-5-6-11-20-17/h5-9,11-12,19H,4,10,13-14H2,1-3H3. The van der Waals surface area contributed by atoms with Gasteiger partial charge in [0.25, 0.3) is 0 Å². The highest BCUT2D eigenvalue weighted by Crippen LogP contribution is 2.22. The van der Waals surface area contributed by atoms with Crippen molar-refractivity contribution in [1.82, 2.24) is 10.3 Å².